The fraction of sp³-hybridized carbons (Fsp3) is 0.583. The molecule has 102 valence electrons. The quantitative estimate of drug-likeness (QED) is 0.627. The number of carbonyl (C=O) groups is 1. The molecule has 0 bridgehead atoms. The molecule has 1 aliphatic carbocycles. The summed E-state index contributed by atoms with van der Waals surface area (Å²) in [6.45, 7) is 1.09. The second kappa shape index (κ2) is 4.34. The second-order valence-electron chi connectivity index (χ2n) is 5.38. The smallest absolute Gasteiger partial charge is 0.326 e. The van der Waals surface area contributed by atoms with Crippen molar-refractivity contribution in [2.75, 3.05) is 13.1 Å². The summed E-state index contributed by atoms with van der Waals surface area (Å²) in [7, 11) is 0. The van der Waals surface area contributed by atoms with Gasteiger partial charge in [0.05, 0.1) is 0 Å². The van der Waals surface area contributed by atoms with Crippen molar-refractivity contribution >= 4 is 5.91 Å². The van der Waals surface area contributed by atoms with E-state index in [1.807, 2.05) is 4.98 Å². The van der Waals surface area contributed by atoms with Gasteiger partial charge < -0.3 is 15.6 Å². The number of H-pyrrole nitrogens is 2. The molecule has 2 atom stereocenters. The van der Waals surface area contributed by atoms with Gasteiger partial charge in [-0.05, 0) is 24.7 Å². The number of nitrogens with zero attached hydrogens (tertiary/aromatic N) is 1. The van der Waals surface area contributed by atoms with Crippen molar-refractivity contribution in [3.05, 3.63) is 32.6 Å². The molecule has 7 nitrogen and oxygen atoms in total. The zero-order valence-electron chi connectivity index (χ0n) is 10.4. The molecular weight excluding hydrogens is 248 g/mol. The van der Waals surface area contributed by atoms with Crippen molar-refractivity contribution in [2.45, 2.75) is 18.9 Å². The molecule has 1 aromatic heterocycles. The van der Waals surface area contributed by atoms with Crippen LogP contribution in [0.5, 0.6) is 0 Å². The minimum atomic E-state index is -0.668. The molecule has 2 fully saturated rings. The third-order valence-electron chi connectivity index (χ3n) is 3.92. The van der Waals surface area contributed by atoms with Crippen molar-refractivity contribution in [1.82, 2.24) is 14.9 Å². The van der Waals surface area contributed by atoms with Crippen LogP contribution in [0.1, 0.15) is 23.3 Å². The van der Waals surface area contributed by atoms with Crippen LogP contribution in [0.4, 0.5) is 0 Å². The summed E-state index contributed by atoms with van der Waals surface area (Å²) in [5.74, 6) is 0.644. The number of hydrogen-bond donors (Lipinski definition) is 3. The predicted octanol–water partition coefficient (Wildman–Crippen LogP) is -1.13. The predicted molar refractivity (Wildman–Crippen MR) is 67.8 cm³/mol. The van der Waals surface area contributed by atoms with E-state index >= 15 is 0 Å². The van der Waals surface area contributed by atoms with Crippen molar-refractivity contribution in [3.8, 4) is 0 Å². The molecule has 1 saturated heterocycles. The van der Waals surface area contributed by atoms with Gasteiger partial charge in [0, 0.05) is 25.2 Å². The molecule has 0 radical (unpaired) electrons. The molecule has 3 rings (SSSR count). The van der Waals surface area contributed by atoms with E-state index in [-0.39, 0.29) is 17.6 Å². The maximum atomic E-state index is 12.2. The van der Waals surface area contributed by atoms with Crippen molar-refractivity contribution in [1.29, 1.82) is 0 Å². The van der Waals surface area contributed by atoms with Gasteiger partial charge in [0.25, 0.3) is 11.5 Å². The van der Waals surface area contributed by atoms with Gasteiger partial charge in [0.1, 0.15) is 5.69 Å². The van der Waals surface area contributed by atoms with Gasteiger partial charge in [0.2, 0.25) is 0 Å². The first-order valence-corrected chi connectivity index (χ1v) is 6.43. The van der Waals surface area contributed by atoms with E-state index in [1.165, 1.54) is 12.8 Å². The number of likely N-dealkylation sites (tertiary alicyclic amines) is 1. The fourth-order valence-corrected chi connectivity index (χ4v) is 2.80. The second-order valence-corrected chi connectivity index (χ2v) is 5.38. The molecule has 1 amide bonds. The molecule has 1 aromatic rings. The summed E-state index contributed by atoms with van der Waals surface area (Å²) in [6, 6.07) is 1.10. The largest absolute Gasteiger partial charge is 0.335 e. The van der Waals surface area contributed by atoms with Crippen LogP contribution in [0.2, 0.25) is 0 Å². The van der Waals surface area contributed by atoms with Crippen LogP contribution in [0.3, 0.4) is 0 Å². The van der Waals surface area contributed by atoms with Crippen molar-refractivity contribution < 1.29 is 4.79 Å². The van der Waals surface area contributed by atoms with Crippen molar-refractivity contribution in [3.63, 3.8) is 0 Å². The van der Waals surface area contributed by atoms with Gasteiger partial charge in [-0.15, -0.1) is 0 Å². The number of nitrogens with one attached hydrogen (secondary N) is 2. The SMILES string of the molecule is N[C@H]1CN(C(=O)c2cc(=O)[nH]c(=O)[nH]2)C[C@@H]1C1CC1. The Morgan fingerprint density at radius 2 is 2.00 bits per heavy atom. The van der Waals surface area contributed by atoms with E-state index in [0.29, 0.717) is 24.9 Å². The lowest BCUT2D eigenvalue weighted by molar-refractivity contribution is 0.0778. The Morgan fingerprint density at radius 1 is 1.26 bits per heavy atom. The highest BCUT2D eigenvalue weighted by Crippen LogP contribution is 2.40. The summed E-state index contributed by atoms with van der Waals surface area (Å²) in [5, 5.41) is 0. The van der Waals surface area contributed by atoms with Crippen LogP contribution in [0.25, 0.3) is 0 Å². The Bertz CT molecular complexity index is 588. The van der Waals surface area contributed by atoms with Gasteiger partial charge in [-0.2, -0.15) is 0 Å². The third kappa shape index (κ3) is 2.33. The summed E-state index contributed by atoms with van der Waals surface area (Å²) < 4.78 is 0. The van der Waals surface area contributed by atoms with Crippen LogP contribution in [-0.4, -0.2) is 39.9 Å². The number of carbonyl (C=O) groups excluding carboxylic acids is 1. The van der Waals surface area contributed by atoms with Crippen LogP contribution in [0.15, 0.2) is 15.7 Å². The van der Waals surface area contributed by atoms with E-state index < -0.39 is 11.2 Å². The highest BCUT2D eigenvalue weighted by molar-refractivity contribution is 5.92. The highest BCUT2D eigenvalue weighted by Gasteiger charge is 2.42. The Balaban J connectivity index is 1.80. The normalized spacial score (nSPS) is 26.7. The summed E-state index contributed by atoms with van der Waals surface area (Å²) in [6.07, 6.45) is 2.37. The number of amides is 1. The average molecular weight is 264 g/mol. The minimum Gasteiger partial charge on any atom is -0.335 e. The molecule has 0 spiro atoms. The first-order valence-electron chi connectivity index (χ1n) is 6.43. The summed E-state index contributed by atoms with van der Waals surface area (Å²) in [5.41, 5.74) is 4.83. The number of aromatic amines is 2. The van der Waals surface area contributed by atoms with Gasteiger partial charge in [0.15, 0.2) is 0 Å². The van der Waals surface area contributed by atoms with Gasteiger partial charge >= 0.3 is 5.69 Å². The molecule has 2 heterocycles. The van der Waals surface area contributed by atoms with Gasteiger partial charge in [-0.1, -0.05) is 0 Å². The molecule has 1 saturated carbocycles. The highest BCUT2D eigenvalue weighted by atomic mass is 16.2. The maximum absolute atomic E-state index is 12.2. The lowest BCUT2D eigenvalue weighted by atomic mass is 9.99. The minimum absolute atomic E-state index is 0.00910. The molecular formula is C12H16N4O3. The molecule has 0 unspecified atom stereocenters. The van der Waals surface area contributed by atoms with E-state index in [0.717, 1.165) is 6.07 Å². The lowest BCUT2D eigenvalue weighted by Crippen LogP contribution is -2.35. The monoisotopic (exact) mass is 264 g/mol. The van der Waals surface area contributed by atoms with Crippen LogP contribution >= 0.6 is 0 Å². The molecule has 19 heavy (non-hydrogen) atoms. The zero-order chi connectivity index (χ0) is 13.6. The van der Waals surface area contributed by atoms with Crippen LogP contribution in [0, 0.1) is 11.8 Å². The Kier molecular flexibility index (Phi) is 2.78. The van der Waals surface area contributed by atoms with Gasteiger partial charge in [-0.3, -0.25) is 14.6 Å². The van der Waals surface area contributed by atoms with E-state index in [9.17, 15) is 14.4 Å². The summed E-state index contributed by atoms with van der Waals surface area (Å²) in [4.78, 5) is 40.6. The van der Waals surface area contributed by atoms with E-state index in [1.54, 1.807) is 4.90 Å². The molecule has 0 aromatic carbocycles. The molecule has 1 aliphatic heterocycles. The zero-order valence-corrected chi connectivity index (χ0v) is 10.4. The summed E-state index contributed by atoms with van der Waals surface area (Å²) >= 11 is 0. The number of rotatable bonds is 2. The first-order chi connectivity index (χ1) is 9.04. The van der Waals surface area contributed by atoms with Crippen LogP contribution < -0.4 is 17.0 Å². The molecule has 4 N–H and O–H groups in total. The topological polar surface area (TPSA) is 112 Å². The van der Waals surface area contributed by atoms with E-state index in [2.05, 4.69) is 4.98 Å². The first kappa shape index (κ1) is 12.2. The fourth-order valence-electron chi connectivity index (χ4n) is 2.80. The Labute approximate surface area is 108 Å². The Morgan fingerprint density at radius 3 is 2.63 bits per heavy atom. The van der Waals surface area contributed by atoms with Crippen molar-refractivity contribution in [2.24, 2.45) is 17.6 Å². The number of nitrogens with two attached hydrogens (primary N) is 1. The molecule has 7 heteroatoms. The van der Waals surface area contributed by atoms with E-state index in [4.69, 9.17) is 5.73 Å². The van der Waals surface area contributed by atoms with Crippen LogP contribution in [-0.2, 0) is 0 Å². The third-order valence-corrected chi connectivity index (χ3v) is 3.92. The number of aromatic nitrogens is 2. The standard InChI is InChI=1S/C12H16N4O3/c13-8-5-16(4-7(8)6-1-2-6)11(18)9-3-10(17)15-12(19)14-9/h3,6-8H,1-2,4-5,13H2,(H2,14,15,17,19)/t7-,8+/m1/s1. The van der Waals surface area contributed by atoms with Gasteiger partial charge in [-0.25, -0.2) is 4.79 Å². The Hall–Kier alpha value is -1.89. The maximum Gasteiger partial charge on any atom is 0.326 e. The average Bonchev–Trinajstić information content (AvgIpc) is 3.10. The molecule has 2 aliphatic rings. The number of hydrogen-bond acceptors (Lipinski definition) is 4. The lowest BCUT2D eigenvalue weighted by Gasteiger charge is -2.15.